The van der Waals surface area contributed by atoms with Gasteiger partial charge in [0.2, 0.25) is 0 Å². The van der Waals surface area contributed by atoms with Gasteiger partial charge in [0.1, 0.15) is 18.2 Å². The normalized spacial score (nSPS) is 11.8. The molecule has 0 bridgehead atoms. The average Bonchev–Trinajstić information content (AvgIpc) is 2.83. The topological polar surface area (TPSA) is 88.1 Å². The van der Waals surface area contributed by atoms with Gasteiger partial charge in [0.05, 0.1) is 6.54 Å². The molecule has 186 valence electrons. The number of hydrogen-bond donors (Lipinski definition) is 2. The van der Waals surface area contributed by atoms with E-state index < -0.39 is 12.1 Å². The predicted molar refractivity (Wildman–Crippen MR) is 130 cm³/mol. The quantitative estimate of drug-likeness (QED) is 0.393. The molecule has 2 aromatic carbocycles. The molecule has 0 aliphatic carbocycles. The summed E-state index contributed by atoms with van der Waals surface area (Å²) in [4.78, 5) is 25.9. The Morgan fingerprint density at radius 1 is 1.03 bits per heavy atom. The monoisotopic (exact) mass is 474 g/mol. The standard InChI is InChI=1S/C26H35FN2O5/c1-4-19(5-2)18-29(26(32)28-22-11-9-21(27)10-12-22)15-16-34-23-13-7-20(8-14-23)17-24(25(30)31)33-6-3/h7-14,19,24H,4-6,15-18H2,1-3H3,(H,28,32)(H,30,31). The molecule has 0 fully saturated rings. The summed E-state index contributed by atoms with van der Waals surface area (Å²) < 4.78 is 24.3. The minimum Gasteiger partial charge on any atom is -0.492 e. The van der Waals surface area contributed by atoms with Crippen LogP contribution in [0.1, 0.15) is 39.2 Å². The molecule has 0 aromatic heterocycles. The van der Waals surface area contributed by atoms with Gasteiger partial charge in [0.15, 0.2) is 6.10 Å². The lowest BCUT2D eigenvalue weighted by Gasteiger charge is -2.27. The SMILES string of the molecule is CCOC(Cc1ccc(OCCN(CC(CC)CC)C(=O)Nc2ccc(F)cc2)cc1)C(=O)O. The maximum absolute atomic E-state index is 13.2. The van der Waals surface area contributed by atoms with Crippen molar-refractivity contribution < 1.29 is 28.6 Å². The van der Waals surface area contributed by atoms with E-state index in [0.29, 0.717) is 43.7 Å². The van der Waals surface area contributed by atoms with Crippen molar-refractivity contribution in [3.63, 3.8) is 0 Å². The molecule has 1 unspecified atom stereocenters. The van der Waals surface area contributed by atoms with Gasteiger partial charge in [-0.2, -0.15) is 0 Å². The first kappa shape index (κ1) is 27.1. The second kappa shape index (κ2) is 14.2. The maximum Gasteiger partial charge on any atom is 0.333 e. The number of nitrogens with zero attached hydrogens (tertiary/aromatic N) is 1. The van der Waals surface area contributed by atoms with E-state index in [2.05, 4.69) is 19.2 Å². The molecule has 1 atom stereocenters. The van der Waals surface area contributed by atoms with E-state index >= 15 is 0 Å². The van der Waals surface area contributed by atoms with Crippen molar-refractivity contribution in [1.82, 2.24) is 4.90 Å². The van der Waals surface area contributed by atoms with Crippen LogP contribution in [0.5, 0.6) is 5.75 Å². The Bertz CT molecular complexity index is 885. The molecule has 7 nitrogen and oxygen atoms in total. The van der Waals surface area contributed by atoms with Crippen LogP contribution in [0.4, 0.5) is 14.9 Å². The van der Waals surface area contributed by atoms with Crippen molar-refractivity contribution >= 4 is 17.7 Å². The second-order valence-corrected chi connectivity index (χ2v) is 8.04. The number of carbonyl (C=O) groups is 2. The van der Waals surface area contributed by atoms with E-state index in [0.717, 1.165) is 18.4 Å². The summed E-state index contributed by atoms with van der Waals surface area (Å²) in [6.07, 6.45) is 1.31. The molecule has 0 saturated heterocycles. The fourth-order valence-electron chi connectivity index (χ4n) is 3.50. The van der Waals surface area contributed by atoms with Gasteiger partial charge in [-0.25, -0.2) is 14.0 Å². The van der Waals surface area contributed by atoms with Gasteiger partial charge < -0.3 is 24.8 Å². The van der Waals surface area contributed by atoms with Crippen LogP contribution < -0.4 is 10.1 Å². The zero-order chi connectivity index (χ0) is 24.9. The van der Waals surface area contributed by atoms with Crippen LogP contribution in [0.15, 0.2) is 48.5 Å². The zero-order valence-electron chi connectivity index (χ0n) is 20.1. The van der Waals surface area contributed by atoms with Gasteiger partial charge in [-0.1, -0.05) is 38.8 Å². The lowest BCUT2D eigenvalue weighted by Crippen LogP contribution is -2.40. The van der Waals surface area contributed by atoms with Crippen molar-refractivity contribution in [3.8, 4) is 5.75 Å². The average molecular weight is 475 g/mol. The minimum absolute atomic E-state index is 0.256. The third kappa shape index (κ3) is 9.02. The smallest absolute Gasteiger partial charge is 0.333 e. The van der Waals surface area contributed by atoms with Crippen LogP contribution in [-0.2, 0) is 16.0 Å². The first-order chi connectivity index (χ1) is 16.4. The highest BCUT2D eigenvalue weighted by Crippen LogP contribution is 2.16. The van der Waals surface area contributed by atoms with Gasteiger partial charge in [0, 0.05) is 25.3 Å². The number of carbonyl (C=O) groups excluding carboxylic acids is 1. The molecule has 2 aromatic rings. The Morgan fingerprint density at radius 3 is 2.24 bits per heavy atom. The molecule has 0 aliphatic rings. The van der Waals surface area contributed by atoms with Gasteiger partial charge in [-0.3, -0.25) is 0 Å². The lowest BCUT2D eigenvalue weighted by molar-refractivity contribution is -0.149. The molecule has 2 N–H and O–H groups in total. The van der Waals surface area contributed by atoms with Crippen molar-refractivity contribution in [3.05, 3.63) is 59.9 Å². The van der Waals surface area contributed by atoms with Crippen molar-refractivity contribution in [2.45, 2.75) is 46.1 Å². The van der Waals surface area contributed by atoms with Gasteiger partial charge in [-0.15, -0.1) is 0 Å². The van der Waals surface area contributed by atoms with Crippen LogP contribution >= 0.6 is 0 Å². The number of benzene rings is 2. The molecule has 0 heterocycles. The number of rotatable bonds is 14. The summed E-state index contributed by atoms with van der Waals surface area (Å²) in [5, 5.41) is 12.1. The second-order valence-electron chi connectivity index (χ2n) is 8.04. The zero-order valence-corrected chi connectivity index (χ0v) is 20.1. The number of carboxylic acid groups (broad SMARTS) is 1. The van der Waals surface area contributed by atoms with E-state index in [1.54, 1.807) is 24.0 Å². The van der Waals surface area contributed by atoms with Crippen molar-refractivity contribution in [2.75, 3.05) is 31.6 Å². The Hall–Kier alpha value is -3.13. The van der Waals surface area contributed by atoms with Crippen LogP contribution in [0.3, 0.4) is 0 Å². The number of nitrogens with one attached hydrogen (secondary N) is 1. The molecular weight excluding hydrogens is 439 g/mol. The number of amides is 2. The van der Waals surface area contributed by atoms with E-state index in [1.807, 2.05) is 12.1 Å². The van der Waals surface area contributed by atoms with Crippen LogP contribution in [0, 0.1) is 11.7 Å². The molecule has 0 aliphatic heterocycles. The van der Waals surface area contributed by atoms with E-state index in [4.69, 9.17) is 9.47 Å². The fourth-order valence-corrected chi connectivity index (χ4v) is 3.50. The highest BCUT2D eigenvalue weighted by atomic mass is 19.1. The molecule has 2 rings (SSSR count). The number of ether oxygens (including phenoxy) is 2. The Kier molecular flexibility index (Phi) is 11.3. The van der Waals surface area contributed by atoms with Crippen molar-refractivity contribution in [2.24, 2.45) is 5.92 Å². The summed E-state index contributed by atoms with van der Waals surface area (Å²) in [6.45, 7) is 7.57. The summed E-state index contributed by atoms with van der Waals surface area (Å²) >= 11 is 0. The van der Waals surface area contributed by atoms with E-state index in [1.165, 1.54) is 24.3 Å². The molecule has 8 heteroatoms. The Labute approximate surface area is 200 Å². The van der Waals surface area contributed by atoms with Crippen LogP contribution in [0.2, 0.25) is 0 Å². The van der Waals surface area contributed by atoms with Gasteiger partial charge in [-0.05, 0) is 54.8 Å². The summed E-state index contributed by atoms with van der Waals surface area (Å²) in [7, 11) is 0. The Balaban J connectivity index is 1.95. The maximum atomic E-state index is 13.2. The first-order valence-electron chi connectivity index (χ1n) is 11.7. The molecule has 0 saturated carbocycles. The molecule has 34 heavy (non-hydrogen) atoms. The number of carboxylic acids is 1. The number of urea groups is 1. The third-order valence-corrected chi connectivity index (χ3v) is 5.63. The van der Waals surface area contributed by atoms with Gasteiger partial charge >= 0.3 is 12.0 Å². The largest absolute Gasteiger partial charge is 0.492 e. The highest BCUT2D eigenvalue weighted by molar-refractivity contribution is 5.89. The van der Waals surface area contributed by atoms with Crippen molar-refractivity contribution in [1.29, 1.82) is 0 Å². The fraction of sp³-hybridized carbons (Fsp3) is 0.462. The van der Waals surface area contributed by atoms with E-state index in [9.17, 15) is 19.1 Å². The number of halogens is 1. The van der Waals surface area contributed by atoms with E-state index in [-0.39, 0.29) is 18.3 Å². The molecular formula is C26H35FN2O5. The van der Waals surface area contributed by atoms with Crippen LogP contribution in [0.25, 0.3) is 0 Å². The molecule has 2 amide bonds. The lowest BCUT2D eigenvalue weighted by atomic mass is 10.0. The summed E-state index contributed by atoms with van der Waals surface area (Å²) in [6, 6.07) is 12.6. The van der Waals surface area contributed by atoms with Gasteiger partial charge in [0.25, 0.3) is 0 Å². The third-order valence-electron chi connectivity index (χ3n) is 5.63. The summed E-state index contributed by atoms with van der Waals surface area (Å²) in [5.41, 5.74) is 1.37. The minimum atomic E-state index is -0.987. The summed E-state index contributed by atoms with van der Waals surface area (Å²) in [5.74, 6) is -0.347. The highest BCUT2D eigenvalue weighted by Gasteiger charge is 2.19. The number of aliphatic carboxylic acids is 1. The van der Waals surface area contributed by atoms with Crippen LogP contribution in [-0.4, -0.2) is 54.4 Å². The first-order valence-corrected chi connectivity index (χ1v) is 11.7. The Morgan fingerprint density at radius 2 is 1.68 bits per heavy atom. The molecule has 0 spiro atoms. The number of hydrogen-bond acceptors (Lipinski definition) is 4. The predicted octanol–water partition coefficient (Wildman–Crippen LogP) is 5.21. The molecule has 0 radical (unpaired) electrons. The number of anilines is 1.